The number of esters is 1. The fraction of sp³-hybridized carbons (Fsp3) is 0.385. The van der Waals surface area contributed by atoms with Crippen LogP contribution in [0.2, 0.25) is 0 Å². The average molecular weight is 344 g/mol. The van der Waals surface area contributed by atoms with E-state index in [2.05, 4.69) is 20.8 Å². The number of ether oxygens (including phenoxy) is 2. The van der Waals surface area contributed by atoms with E-state index < -0.39 is 0 Å². The highest BCUT2D eigenvalue weighted by atomic mass is 79.9. The minimum Gasteiger partial charge on any atom is -0.426 e. The molecule has 0 spiro atoms. The molecule has 0 radical (unpaired) electrons. The van der Waals surface area contributed by atoms with Gasteiger partial charge in [-0.15, -0.1) is 0 Å². The molecule has 1 aromatic rings. The van der Waals surface area contributed by atoms with Gasteiger partial charge in [0.05, 0.1) is 18.8 Å². The van der Waals surface area contributed by atoms with E-state index in [0.717, 1.165) is 23.1 Å². The van der Waals surface area contributed by atoms with Crippen LogP contribution >= 0.6 is 28.1 Å². The number of rotatable bonds is 2. The zero-order valence-electron chi connectivity index (χ0n) is 10.5. The summed E-state index contributed by atoms with van der Waals surface area (Å²) in [5, 5.41) is 0. The number of benzene rings is 1. The van der Waals surface area contributed by atoms with Crippen LogP contribution in [0.3, 0.4) is 0 Å². The van der Waals surface area contributed by atoms with Gasteiger partial charge in [0.15, 0.2) is 0 Å². The van der Waals surface area contributed by atoms with Crippen molar-refractivity contribution in [1.29, 1.82) is 0 Å². The first-order valence-electron chi connectivity index (χ1n) is 5.93. The maximum Gasteiger partial charge on any atom is 0.308 e. The molecule has 1 heterocycles. The van der Waals surface area contributed by atoms with Gasteiger partial charge in [0.25, 0.3) is 0 Å². The lowest BCUT2D eigenvalue weighted by atomic mass is 10.2. The van der Waals surface area contributed by atoms with Gasteiger partial charge >= 0.3 is 5.97 Å². The second-order valence-corrected chi connectivity index (χ2v) is 5.44. The smallest absolute Gasteiger partial charge is 0.308 e. The van der Waals surface area contributed by atoms with Gasteiger partial charge in [-0.2, -0.15) is 0 Å². The van der Waals surface area contributed by atoms with Crippen molar-refractivity contribution < 1.29 is 14.3 Å². The van der Waals surface area contributed by atoms with E-state index in [1.807, 2.05) is 12.1 Å². The molecule has 0 N–H and O–H groups in total. The Morgan fingerprint density at radius 1 is 1.42 bits per heavy atom. The van der Waals surface area contributed by atoms with Gasteiger partial charge in [0, 0.05) is 24.5 Å². The van der Waals surface area contributed by atoms with Crippen LogP contribution < -0.4 is 4.74 Å². The highest BCUT2D eigenvalue weighted by Gasteiger charge is 2.19. The molecule has 2 rings (SSSR count). The van der Waals surface area contributed by atoms with Crippen LogP contribution in [0.25, 0.3) is 0 Å². The first-order chi connectivity index (χ1) is 9.08. The maximum absolute atomic E-state index is 11.1. The number of hydrogen-bond donors (Lipinski definition) is 0. The monoisotopic (exact) mass is 343 g/mol. The van der Waals surface area contributed by atoms with Crippen molar-refractivity contribution in [3.8, 4) is 5.75 Å². The minimum absolute atomic E-state index is 0.353. The summed E-state index contributed by atoms with van der Waals surface area (Å²) in [7, 11) is 0. The normalized spacial score (nSPS) is 15.2. The van der Waals surface area contributed by atoms with Gasteiger partial charge in [-0.1, -0.05) is 28.1 Å². The Hall–Kier alpha value is -0.980. The Morgan fingerprint density at radius 3 is 2.74 bits per heavy atom. The lowest BCUT2D eigenvalue weighted by molar-refractivity contribution is -0.131. The lowest BCUT2D eigenvalue weighted by Gasteiger charge is -2.29. The highest BCUT2D eigenvalue weighted by molar-refractivity contribution is 9.10. The van der Waals surface area contributed by atoms with Crippen LogP contribution in [0.1, 0.15) is 12.5 Å². The molecule has 1 saturated heterocycles. The predicted octanol–water partition coefficient (Wildman–Crippen LogP) is 2.38. The zero-order chi connectivity index (χ0) is 13.8. The van der Waals surface area contributed by atoms with Gasteiger partial charge in [0.1, 0.15) is 10.7 Å². The van der Waals surface area contributed by atoms with E-state index in [4.69, 9.17) is 21.7 Å². The van der Waals surface area contributed by atoms with Crippen LogP contribution in [0.15, 0.2) is 22.7 Å². The quantitative estimate of drug-likeness (QED) is 0.468. The number of carbonyl (C=O) groups is 1. The van der Waals surface area contributed by atoms with E-state index in [1.54, 1.807) is 6.07 Å². The number of nitrogens with zero attached hydrogens (tertiary/aromatic N) is 1. The summed E-state index contributed by atoms with van der Waals surface area (Å²) in [6, 6.07) is 5.44. The minimum atomic E-state index is -0.353. The fourth-order valence-electron chi connectivity index (χ4n) is 1.85. The van der Waals surface area contributed by atoms with E-state index in [-0.39, 0.29) is 5.97 Å². The molecule has 0 bridgehead atoms. The van der Waals surface area contributed by atoms with Crippen molar-refractivity contribution >= 4 is 39.1 Å². The van der Waals surface area contributed by atoms with E-state index in [0.29, 0.717) is 24.0 Å². The van der Waals surface area contributed by atoms with Gasteiger partial charge in [0.2, 0.25) is 0 Å². The molecule has 1 aliphatic heterocycles. The summed E-state index contributed by atoms with van der Waals surface area (Å²) in [6.45, 7) is 4.22. The molecule has 0 aliphatic carbocycles. The third-order valence-electron chi connectivity index (χ3n) is 2.72. The molecule has 0 amide bonds. The Morgan fingerprint density at radius 2 is 2.11 bits per heavy atom. The van der Waals surface area contributed by atoms with Crippen LogP contribution in [0.5, 0.6) is 5.75 Å². The van der Waals surface area contributed by atoms with Gasteiger partial charge in [-0.25, -0.2) is 0 Å². The average Bonchev–Trinajstić information content (AvgIpc) is 2.40. The third kappa shape index (κ3) is 3.75. The first kappa shape index (κ1) is 14.4. The Labute approximate surface area is 125 Å². The summed E-state index contributed by atoms with van der Waals surface area (Å²) < 4.78 is 11.4. The molecular weight excluding hydrogens is 330 g/mol. The molecule has 6 heteroatoms. The zero-order valence-corrected chi connectivity index (χ0v) is 12.9. The number of halogens is 1. The molecule has 0 unspecified atom stereocenters. The van der Waals surface area contributed by atoms with Crippen LogP contribution in [0.4, 0.5) is 0 Å². The first-order valence-corrected chi connectivity index (χ1v) is 7.13. The van der Waals surface area contributed by atoms with Crippen LogP contribution in [0, 0.1) is 0 Å². The van der Waals surface area contributed by atoms with E-state index in [9.17, 15) is 4.79 Å². The van der Waals surface area contributed by atoms with Crippen molar-refractivity contribution in [2.24, 2.45) is 0 Å². The summed E-state index contributed by atoms with van der Waals surface area (Å²) in [4.78, 5) is 13.9. The number of morpholine rings is 1. The van der Waals surface area contributed by atoms with Crippen LogP contribution in [-0.4, -0.2) is 42.2 Å². The van der Waals surface area contributed by atoms with Gasteiger partial charge in [-0.05, 0) is 18.2 Å². The largest absolute Gasteiger partial charge is 0.426 e. The Balaban J connectivity index is 2.27. The Kier molecular flexibility index (Phi) is 4.90. The molecule has 102 valence electrons. The standard InChI is InChI=1S/C13H14BrNO3S/c1-9(16)18-12-3-2-10(14)8-11(12)13(19)15-4-6-17-7-5-15/h2-3,8H,4-7H2,1H3. The molecular formula is C13H14BrNO3S. The van der Waals surface area contributed by atoms with Gasteiger partial charge < -0.3 is 14.4 Å². The van der Waals surface area contributed by atoms with Crippen molar-refractivity contribution in [3.63, 3.8) is 0 Å². The number of hydrogen-bond acceptors (Lipinski definition) is 4. The molecule has 1 aliphatic rings. The summed E-state index contributed by atoms with van der Waals surface area (Å²) >= 11 is 8.91. The molecule has 0 saturated carbocycles. The molecule has 19 heavy (non-hydrogen) atoms. The second kappa shape index (κ2) is 6.45. The number of thiocarbonyl (C=S) groups is 1. The molecule has 4 nitrogen and oxygen atoms in total. The summed E-state index contributed by atoms with van der Waals surface area (Å²) in [5.41, 5.74) is 0.751. The maximum atomic E-state index is 11.1. The third-order valence-corrected chi connectivity index (χ3v) is 3.70. The SMILES string of the molecule is CC(=O)Oc1ccc(Br)cc1C(=S)N1CCOCC1. The summed E-state index contributed by atoms with van der Waals surface area (Å²) in [6.07, 6.45) is 0. The van der Waals surface area contributed by atoms with E-state index >= 15 is 0 Å². The molecule has 0 aromatic heterocycles. The lowest BCUT2D eigenvalue weighted by Crippen LogP contribution is -2.40. The van der Waals surface area contributed by atoms with Crippen molar-refractivity contribution in [3.05, 3.63) is 28.2 Å². The molecule has 0 atom stereocenters. The number of carbonyl (C=O) groups excluding carboxylic acids is 1. The Bertz CT molecular complexity index is 501. The molecule has 1 aromatic carbocycles. The van der Waals surface area contributed by atoms with Crippen molar-refractivity contribution in [1.82, 2.24) is 4.90 Å². The summed E-state index contributed by atoms with van der Waals surface area (Å²) in [5.74, 6) is 0.139. The van der Waals surface area contributed by atoms with Gasteiger partial charge in [-0.3, -0.25) is 4.79 Å². The topological polar surface area (TPSA) is 38.8 Å². The second-order valence-electron chi connectivity index (χ2n) is 4.14. The highest BCUT2D eigenvalue weighted by Crippen LogP contribution is 2.25. The molecule has 1 fully saturated rings. The van der Waals surface area contributed by atoms with Crippen molar-refractivity contribution in [2.75, 3.05) is 26.3 Å². The van der Waals surface area contributed by atoms with Crippen molar-refractivity contribution in [2.45, 2.75) is 6.92 Å². The van der Waals surface area contributed by atoms with E-state index in [1.165, 1.54) is 6.92 Å². The van der Waals surface area contributed by atoms with Crippen LogP contribution in [-0.2, 0) is 9.53 Å². The predicted molar refractivity (Wildman–Crippen MR) is 79.5 cm³/mol. The fourth-order valence-corrected chi connectivity index (χ4v) is 2.55.